The molecule has 29 nitrogen and oxygen atoms in total. The van der Waals surface area contributed by atoms with Crippen LogP contribution < -0.4 is 14.2 Å². The maximum Gasteiger partial charge on any atom is 0.330 e. The van der Waals surface area contributed by atoms with Crippen molar-refractivity contribution in [3.05, 3.63) is 113 Å². The van der Waals surface area contributed by atoms with Gasteiger partial charge >= 0.3 is 23.9 Å². The first-order valence-electron chi connectivity index (χ1n) is 25.4. The lowest BCUT2D eigenvalue weighted by Crippen LogP contribution is -2.64. The summed E-state index contributed by atoms with van der Waals surface area (Å²) in [6, 6.07) is 15.3. The molecule has 8 rings (SSSR count). The van der Waals surface area contributed by atoms with Crippen LogP contribution in [0.4, 0.5) is 0 Å². The van der Waals surface area contributed by atoms with Crippen molar-refractivity contribution in [1.29, 1.82) is 0 Å². The number of methoxy groups -OCH3 is 1. The van der Waals surface area contributed by atoms with Crippen molar-refractivity contribution in [1.82, 2.24) is 0 Å². The van der Waals surface area contributed by atoms with Gasteiger partial charge in [-0.2, -0.15) is 0 Å². The summed E-state index contributed by atoms with van der Waals surface area (Å²) in [5, 5.41) is 149. The van der Waals surface area contributed by atoms with Gasteiger partial charge in [0.2, 0.25) is 12.6 Å². The Bertz CT molecular complexity index is 3110. The number of hydrogen-bond donors (Lipinski definition) is 14. The number of allylic oxidation sites excluding steroid dienone is 1. The molecule has 29 heteroatoms. The summed E-state index contributed by atoms with van der Waals surface area (Å²) in [5.74, 6) is -7.45. The summed E-state index contributed by atoms with van der Waals surface area (Å²) in [7, 11) is 1.32. The number of carboxylic acid groups (broad SMARTS) is 1. The fourth-order valence-corrected chi connectivity index (χ4v) is 8.88. The zero-order valence-corrected chi connectivity index (χ0v) is 43.8. The van der Waals surface area contributed by atoms with E-state index in [0.29, 0.717) is 5.56 Å². The Hall–Kier alpha value is -8.30. The van der Waals surface area contributed by atoms with Crippen molar-refractivity contribution < 1.29 is 143 Å². The second-order valence-corrected chi connectivity index (χ2v) is 19.2. The van der Waals surface area contributed by atoms with Crippen molar-refractivity contribution in [2.24, 2.45) is 0 Å². The molecule has 3 fully saturated rings. The van der Waals surface area contributed by atoms with Crippen LogP contribution in [0, 0.1) is 0 Å². The topological polar surface area (TPSA) is 453 Å². The van der Waals surface area contributed by atoms with Gasteiger partial charge in [-0.1, -0.05) is 12.1 Å². The van der Waals surface area contributed by atoms with Gasteiger partial charge in [0.05, 0.1) is 7.11 Å². The Labute approximate surface area is 474 Å². The number of aliphatic carboxylic acids is 1. The highest BCUT2D eigenvalue weighted by Gasteiger charge is 2.53. The largest absolute Gasteiger partial charge is 0.508 e. The number of rotatable bonds is 20. The number of aliphatic hydroxyl groups excluding tert-OH is 8. The van der Waals surface area contributed by atoms with E-state index in [0.717, 1.165) is 30.4 Å². The Morgan fingerprint density at radius 3 is 1.69 bits per heavy atom. The maximum atomic E-state index is 13.1. The minimum Gasteiger partial charge on any atom is -0.508 e. The molecule has 4 aromatic carbocycles. The molecule has 0 unspecified atom stereocenters. The molecule has 0 saturated carbocycles. The van der Waals surface area contributed by atoms with Crippen molar-refractivity contribution in [2.75, 3.05) is 26.9 Å². The second-order valence-electron chi connectivity index (χ2n) is 19.2. The van der Waals surface area contributed by atoms with Gasteiger partial charge in [-0.05, 0) is 71.8 Å². The average molecular weight is 1180 g/mol. The molecule has 0 bridgehead atoms. The molecule has 0 aromatic heterocycles. The first-order valence-corrected chi connectivity index (χ1v) is 25.4. The molecule has 452 valence electrons. The lowest BCUT2D eigenvalue weighted by atomic mass is 9.97. The number of carboxylic acids is 1. The van der Waals surface area contributed by atoms with Crippen LogP contribution in [0.25, 0.3) is 17.9 Å². The number of carbonyl (C=O) groups is 4. The second kappa shape index (κ2) is 27.0. The molecule has 14 N–H and O–H groups in total. The molecule has 0 amide bonds. The SMILES string of the molecule is COc1cc(/C=C/C(=O)OC[C@H]2O[C@@H](OC3=C(c4ccc(O)cc4)Oc4cc(O)cc(O[C@@H]5O[C@H](COC(=O)CC(=O)O)[C@@H](O)[C@H](O)[C@H]5O)c4C3)[C@H](O[C@@H]3O[C@H](COC(=O)/C=C/c4ccc(O)c(O)c4)[C@@H](O)[C@H](O)[C@H]3O)[C@@H](O)[C@@H]2O)ccc1O. The third-order valence-electron chi connectivity index (χ3n) is 13.4. The monoisotopic (exact) mass is 1180 g/mol. The van der Waals surface area contributed by atoms with Crippen LogP contribution in [0.5, 0.6) is 46.0 Å². The summed E-state index contributed by atoms with van der Waals surface area (Å²) >= 11 is 0. The number of aromatic hydroxyl groups is 5. The molecule has 0 radical (unpaired) electrons. The molecule has 0 spiro atoms. The molecule has 4 heterocycles. The highest BCUT2D eigenvalue weighted by Crippen LogP contribution is 2.45. The third kappa shape index (κ3) is 14.7. The standard InChI is InChI=1S/C55H58O29/c1-74-34-15-24(3-11-30(34)59)5-13-41(64)76-21-38-45(68)48(71)52(84-54-50(73)47(70)43(66)36(82-54)20-75-40(63)12-4-23-2-10-29(58)31(60)14-23)55(83-38)80-35-18-28-32(78-51(35)25-6-8-26(56)9-7-25)16-27(57)17-33(28)79-53-49(72)46(69)44(67)37(81-53)22-77-42(65)19-39(61)62/h2-17,36-38,43-50,52-60,66-73H,18-22H2,1H3,(H,61,62)/b12-4+,13-5+/t36-,37-,38-,43-,44-,45-,46+,47+,48+,49-,50-,52-,53-,54+,55-/m1/s1. The zero-order chi connectivity index (χ0) is 60.7. The highest BCUT2D eigenvalue weighted by molar-refractivity contribution is 5.90. The first kappa shape index (κ1) is 61.8. The molecule has 0 aliphatic carbocycles. The van der Waals surface area contributed by atoms with Gasteiger partial charge in [-0.15, -0.1) is 0 Å². The summed E-state index contributed by atoms with van der Waals surface area (Å²) in [6.07, 6.45) is -26.6. The normalized spacial score (nSPS) is 28.7. The molecule has 3 saturated heterocycles. The van der Waals surface area contributed by atoms with Crippen LogP contribution >= 0.6 is 0 Å². The number of phenolic OH excluding ortho intramolecular Hbond substituents is 5. The smallest absolute Gasteiger partial charge is 0.330 e. The summed E-state index contributed by atoms with van der Waals surface area (Å²) in [5.41, 5.74) is 0.802. The van der Waals surface area contributed by atoms with E-state index in [2.05, 4.69) is 0 Å². The number of ether oxygens (including phenoxy) is 11. The molecule has 4 aromatic rings. The number of aliphatic hydroxyl groups is 8. The lowest BCUT2D eigenvalue weighted by Gasteiger charge is -2.46. The lowest BCUT2D eigenvalue weighted by molar-refractivity contribution is -0.363. The highest BCUT2D eigenvalue weighted by atomic mass is 16.8. The Morgan fingerprint density at radius 2 is 1.10 bits per heavy atom. The predicted octanol–water partition coefficient (Wildman–Crippen LogP) is -1.10. The van der Waals surface area contributed by atoms with E-state index in [4.69, 9.17) is 57.2 Å². The van der Waals surface area contributed by atoms with Crippen LogP contribution in [-0.4, -0.2) is 214 Å². The number of phenols is 5. The van der Waals surface area contributed by atoms with Gasteiger partial charge in [0.1, 0.15) is 122 Å². The molecular weight excluding hydrogens is 1120 g/mol. The minimum atomic E-state index is -2.17. The number of esters is 3. The Morgan fingerprint density at radius 1 is 0.548 bits per heavy atom. The van der Waals surface area contributed by atoms with Crippen molar-refractivity contribution in [3.63, 3.8) is 0 Å². The third-order valence-corrected chi connectivity index (χ3v) is 13.4. The van der Waals surface area contributed by atoms with Crippen LogP contribution in [0.2, 0.25) is 0 Å². The molecule has 4 aliphatic rings. The molecule has 84 heavy (non-hydrogen) atoms. The average Bonchev–Trinajstić information content (AvgIpc) is 3.53. The Balaban J connectivity index is 1.09. The number of hydrogen-bond acceptors (Lipinski definition) is 28. The Kier molecular flexibility index (Phi) is 19.8. The van der Waals surface area contributed by atoms with Gasteiger partial charge in [0.15, 0.2) is 41.2 Å². The van der Waals surface area contributed by atoms with E-state index in [1.165, 1.54) is 73.9 Å². The van der Waals surface area contributed by atoms with Gasteiger partial charge in [0.25, 0.3) is 0 Å². The fourth-order valence-electron chi connectivity index (χ4n) is 8.88. The predicted molar refractivity (Wildman–Crippen MR) is 276 cm³/mol. The van der Waals surface area contributed by atoms with Gasteiger partial charge < -0.3 is 124 Å². The van der Waals surface area contributed by atoms with Crippen molar-refractivity contribution >= 4 is 41.8 Å². The van der Waals surface area contributed by atoms with Gasteiger partial charge in [0, 0.05) is 41.8 Å². The van der Waals surface area contributed by atoms with E-state index < -0.39 is 166 Å². The van der Waals surface area contributed by atoms with Crippen LogP contribution in [0.3, 0.4) is 0 Å². The quantitative estimate of drug-likeness (QED) is 0.0164. The van der Waals surface area contributed by atoms with Crippen LogP contribution in [-0.2, 0) is 63.5 Å². The van der Waals surface area contributed by atoms with E-state index in [-0.39, 0.29) is 57.0 Å². The van der Waals surface area contributed by atoms with Crippen LogP contribution in [0.1, 0.15) is 28.7 Å². The number of benzene rings is 4. The van der Waals surface area contributed by atoms with Crippen molar-refractivity contribution in [2.45, 2.75) is 105 Å². The maximum absolute atomic E-state index is 13.1. The summed E-state index contributed by atoms with van der Waals surface area (Å²) in [4.78, 5) is 48.9. The first-order chi connectivity index (χ1) is 40.0. The number of carbonyl (C=O) groups excluding carboxylic acids is 3. The summed E-state index contributed by atoms with van der Waals surface area (Å²) < 4.78 is 63.1. The number of fused-ring (bicyclic) bond motifs is 1. The fraction of sp³-hybridized carbons (Fsp3) is 0.382. The van der Waals surface area contributed by atoms with E-state index in [1.807, 2.05) is 0 Å². The molecular formula is C55H58O29. The molecule has 15 atom stereocenters. The van der Waals surface area contributed by atoms with E-state index >= 15 is 0 Å². The van der Waals surface area contributed by atoms with E-state index in [9.17, 15) is 85.6 Å². The van der Waals surface area contributed by atoms with E-state index in [1.54, 1.807) is 0 Å². The van der Waals surface area contributed by atoms with Crippen LogP contribution in [0.15, 0.2) is 90.7 Å². The van der Waals surface area contributed by atoms with Gasteiger partial charge in [-0.3, -0.25) is 9.59 Å². The van der Waals surface area contributed by atoms with Crippen molar-refractivity contribution in [3.8, 4) is 46.0 Å². The molecule has 4 aliphatic heterocycles. The summed E-state index contributed by atoms with van der Waals surface area (Å²) in [6.45, 7) is -2.43. The minimum absolute atomic E-state index is 0.0276. The van der Waals surface area contributed by atoms with Gasteiger partial charge in [-0.25, -0.2) is 9.59 Å². The zero-order valence-electron chi connectivity index (χ0n) is 43.8.